The molecule has 1 atom stereocenters. The Morgan fingerprint density at radius 2 is 2.23 bits per heavy atom. The Hall–Kier alpha value is -1.65. The lowest BCUT2D eigenvalue weighted by Gasteiger charge is -2.24. The molecule has 2 aliphatic rings. The number of aromatic nitrogens is 2. The highest BCUT2D eigenvalue weighted by molar-refractivity contribution is 6.30. The molecule has 0 radical (unpaired) electrons. The monoisotopic (exact) mass is 314 g/mol. The summed E-state index contributed by atoms with van der Waals surface area (Å²) in [5.74, 6) is 1.67. The van der Waals surface area contributed by atoms with Crippen LogP contribution in [0.2, 0.25) is 5.02 Å². The van der Waals surface area contributed by atoms with Gasteiger partial charge in [-0.1, -0.05) is 23.7 Å². The van der Waals surface area contributed by atoms with Crippen LogP contribution < -0.4 is 10.2 Å². The molecule has 1 aromatic carbocycles. The van der Waals surface area contributed by atoms with Crippen molar-refractivity contribution in [2.75, 3.05) is 24.5 Å². The van der Waals surface area contributed by atoms with E-state index >= 15 is 0 Å². The van der Waals surface area contributed by atoms with E-state index in [1.54, 1.807) is 6.33 Å². The predicted molar refractivity (Wildman–Crippen MR) is 88.5 cm³/mol. The summed E-state index contributed by atoms with van der Waals surface area (Å²) in [4.78, 5) is 11.4. The molecule has 1 unspecified atom stereocenters. The van der Waals surface area contributed by atoms with Crippen molar-refractivity contribution in [3.8, 4) is 0 Å². The maximum atomic E-state index is 6.13. The Bertz CT molecular complexity index is 688. The zero-order chi connectivity index (χ0) is 14.9. The van der Waals surface area contributed by atoms with Crippen LogP contribution in [0.25, 0.3) is 0 Å². The van der Waals surface area contributed by atoms with E-state index in [0.717, 1.165) is 55.6 Å². The predicted octanol–water partition coefficient (Wildman–Crippen LogP) is 2.77. The second kappa shape index (κ2) is 5.86. The normalized spacial score (nSPS) is 21.0. The quantitative estimate of drug-likeness (QED) is 0.925. The molecule has 0 spiro atoms. The molecule has 4 nitrogen and oxygen atoms in total. The molecular formula is C17H19ClN4. The first kappa shape index (κ1) is 14.0. The third-order valence-electron chi connectivity index (χ3n) is 4.66. The smallest absolute Gasteiger partial charge is 0.135 e. The molecule has 5 heteroatoms. The number of hydrogen-bond donors (Lipinski definition) is 1. The van der Waals surface area contributed by atoms with Gasteiger partial charge in [0.2, 0.25) is 0 Å². The second-order valence-corrected chi connectivity index (χ2v) is 6.47. The molecular weight excluding hydrogens is 296 g/mol. The second-order valence-electron chi connectivity index (χ2n) is 6.04. The maximum absolute atomic E-state index is 6.13. The largest absolute Gasteiger partial charge is 0.356 e. The minimum Gasteiger partial charge on any atom is -0.356 e. The van der Waals surface area contributed by atoms with Crippen LogP contribution in [0, 0.1) is 0 Å². The molecule has 1 fully saturated rings. The highest BCUT2D eigenvalue weighted by Crippen LogP contribution is 2.33. The van der Waals surface area contributed by atoms with Gasteiger partial charge < -0.3 is 10.2 Å². The number of nitrogens with one attached hydrogen (secondary N) is 1. The van der Waals surface area contributed by atoms with Crippen molar-refractivity contribution < 1.29 is 0 Å². The summed E-state index contributed by atoms with van der Waals surface area (Å²) in [6, 6.07) is 8.25. The average Bonchev–Trinajstić information content (AvgIpc) is 3.04. The summed E-state index contributed by atoms with van der Waals surface area (Å²) in [5, 5.41) is 4.20. The van der Waals surface area contributed by atoms with Gasteiger partial charge >= 0.3 is 0 Å². The average molecular weight is 315 g/mol. The molecule has 0 bridgehead atoms. The first-order valence-corrected chi connectivity index (χ1v) is 8.23. The van der Waals surface area contributed by atoms with Crippen molar-refractivity contribution >= 4 is 17.4 Å². The fourth-order valence-electron chi connectivity index (χ4n) is 3.52. The van der Waals surface area contributed by atoms with E-state index in [2.05, 4.69) is 32.3 Å². The molecule has 1 saturated heterocycles. The Kier molecular flexibility index (Phi) is 3.72. The lowest BCUT2D eigenvalue weighted by molar-refractivity contribution is 0.620. The fourth-order valence-corrected chi connectivity index (χ4v) is 3.72. The van der Waals surface area contributed by atoms with Gasteiger partial charge in [-0.05, 0) is 37.1 Å². The van der Waals surface area contributed by atoms with E-state index in [-0.39, 0.29) is 0 Å². The van der Waals surface area contributed by atoms with Crippen molar-refractivity contribution in [2.45, 2.75) is 25.3 Å². The Balaban J connectivity index is 1.58. The molecule has 1 aromatic heterocycles. The molecule has 0 saturated carbocycles. The van der Waals surface area contributed by atoms with Gasteiger partial charge in [-0.25, -0.2) is 9.97 Å². The van der Waals surface area contributed by atoms with Crippen LogP contribution in [-0.4, -0.2) is 29.6 Å². The van der Waals surface area contributed by atoms with Crippen LogP contribution in [0.5, 0.6) is 0 Å². The van der Waals surface area contributed by atoms with Crippen LogP contribution in [0.4, 0.5) is 5.82 Å². The van der Waals surface area contributed by atoms with E-state index in [4.69, 9.17) is 11.6 Å². The van der Waals surface area contributed by atoms with Gasteiger partial charge in [0.25, 0.3) is 0 Å². The lowest BCUT2D eigenvalue weighted by Crippen LogP contribution is -2.29. The van der Waals surface area contributed by atoms with E-state index < -0.39 is 0 Å². The number of anilines is 1. The van der Waals surface area contributed by atoms with Crippen LogP contribution >= 0.6 is 11.6 Å². The van der Waals surface area contributed by atoms with Crippen molar-refractivity contribution in [3.63, 3.8) is 0 Å². The Morgan fingerprint density at radius 1 is 1.27 bits per heavy atom. The van der Waals surface area contributed by atoms with Crippen LogP contribution in [0.15, 0.2) is 30.6 Å². The van der Waals surface area contributed by atoms with Crippen LogP contribution in [0.3, 0.4) is 0 Å². The Morgan fingerprint density at radius 3 is 3.14 bits per heavy atom. The zero-order valence-corrected chi connectivity index (χ0v) is 13.2. The topological polar surface area (TPSA) is 41.1 Å². The molecule has 2 aromatic rings. The summed E-state index contributed by atoms with van der Waals surface area (Å²) in [7, 11) is 0. The number of fused-ring (bicyclic) bond motifs is 1. The summed E-state index contributed by atoms with van der Waals surface area (Å²) in [6.45, 7) is 3.93. The maximum Gasteiger partial charge on any atom is 0.135 e. The van der Waals surface area contributed by atoms with E-state index in [1.165, 1.54) is 11.1 Å². The molecule has 0 amide bonds. The van der Waals surface area contributed by atoms with Crippen LogP contribution in [-0.2, 0) is 13.0 Å². The van der Waals surface area contributed by atoms with E-state index in [0.29, 0.717) is 5.92 Å². The van der Waals surface area contributed by atoms with Gasteiger partial charge in [0.15, 0.2) is 0 Å². The first-order chi connectivity index (χ1) is 10.8. The van der Waals surface area contributed by atoms with Gasteiger partial charge in [0.05, 0.1) is 5.69 Å². The highest BCUT2D eigenvalue weighted by atomic mass is 35.5. The van der Waals surface area contributed by atoms with Crippen molar-refractivity contribution in [1.82, 2.24) is 15.3 Å². The summed E-state index contributed by atoms with van der Waals surface area (Å²) < 4.78 is 0. The molecule has 4 rings (SSSR count). The minimum absolute atomic E-state index is 0.533. The number of nitrogens with zero attached hydrogens (tertiary/aromatic N) is 3. The van der Waals surface area contributed by atoms with Gasteiger partial charge in [-0.3, -0.25) is 0 Å². The van der Waals surface area contributed by atoms with E-state index in [1.807, 2.05) is 12.1 Å². The number of rotatable bonds is 2. The Labute approximate surface area is 135 Å². The van der Waals surface area contributed by atoms with Gasteiger partial charge in [-0.15, -0.1) is 0 Å². The third kappa shape index (κ3) is 2.57. The summed E-state index contributed by atoms with van der Waals surface area (Å²) >= 11 is 6.13. The van der Waals surface area contributed by atoms with Crippen LogP contribution in [0.1, 0.15) is 29.2 Å². The highest BCUT2D eigenvalue weighted by Gasteiger charge is 2.28. The molecule has 3 heterocycles. The summed E-state index contributed by atoms with van der Waals surface area (Å²) in [6.07, 6.45) is 3.87. The standard InChI is InChI=1S/C17H19ClN4/c18-14-3-1-2-12(8-14)13-5-7-22(10-13)17-15-4-6-19-9-16(15)20-11-21-17/h1-3,8,11,13,19H,4-7,9-10H2. The lowest BCUT2D eigenvalue weighted by atomic mass is 9.99. The van der Waals surface area contributed by atoms with Gasteiger partial charge in [0.1, 0.15) is 12.1 Å². The van der Waals surface area contributed by atoms with Crippen molar-refractivity contribution in [2.24, 2.45) is 0 Å². The molecule has 0 aliphatic carbocycles. The van der Waals surface area contributed by atoms with Gasteiger partial charge in [-0.2, -0.15) is 0 Å². The minimum atomic E-state index is 0.533. The van der Waals surface area contributed by atoms with Crippen molar-refractivity contribution in [1.29, 1.82) is 0 Å². The number of halogens is 1. The molecule has 2 aliphatic heterocycles. The van der Waals surface area contributed by atoms with Crippen molar-refractivity contribution in [3.05, 3.63) is 52.4 Å². The number of hydrogen-bond acceptors (Lipinski definition) is 4. The number of benzene rings is 1. The third-order valence-corrected chi connectivity index (χ3v) is 4.90. The van der Waals surface area contributed by atoms with Gasteiger partial charge in [0, 0.05) is 36.1 Å². The SMILES string of the molecule is Clc1cccc(C2CCN(c3ncnc4c3CCNC4)C2)c1. The molecule has 1 N–H and O–H groups in total. The molecule has 22 heavy (non-hydrogen) atoms. The first-order valence-electron chi connectivity index (χ1n) is 7.85. The zero-order valence-electron chi connectivity index (χ0n) is 12.4. The summed E-state index contributed by atoms with van der Waals surface area (Å²) in [5.41, 5.74) is 3.81. The fraction of sp³-hybridized carbons (Fsp3) is 0.412. The molecule has 114 valence electrons. The van der Waals surface area contributed by atoms with E-state index in [9.17, 15) is 0 Å².